The number of nitrogens with zero attached hydrogens (tertiary/aromatic N) is 1. The number of carboxylic acids is 1. The van der Waals surface area contributed by atoms with Crippen LogP contribution in [0.15, 0.2) is 0 Å². The van der Waals surface area contributed by atoms with E-state index in [9.17, 15) is 4.79 Å². The van der Waals surface area contributed by atoms with Gasteiger partial charge in [0, 0.05) is 18.5 Å². The van der Waals surface area contributed by atoms with Gasteiger partial charge in [-0.15, -0.1) is 0 Å². The van der Waals surface area contributed by atoms with Crippen LogP contribution in [0.5, 0.6) is 0 Å². The Morgan fingerprint density at radius 2 is 1.94 bits per heavy atom. The Morgan fingerprint density at radius 1 is 1.28 bits per heavy atom. The molecule has 1 N–H and O–H groups in total. The van der Waals surface area contributed by atoms with E-state index in [1.807, 2.05) is 11.8 Å². The first kappa shape index (κ1) is 14.2. The third-order valence-electron chi connectivity index (χ3n) is 4.46. The first-order valence-corrected chi connectivity index (χ1v) is 8.56. The molecule has 2 rings (SSSR count). The van der Waals surface area contributed by atoms with E-state index >= 15 is 0 Å². The molecule has 0 amide bonds. The minimum atomic E-state index is -0.618. The molecule has 2 atom stereocenters. The number of piperidine rings is 1. The zero-order chi connectivity index (χ0) is 13.0. The molecular weight excluding hydrogens is 246 g/mol. The predicted octanol–water partition coefficient (Wildman–Crippen LogP) is 2.85. The zero-order valence-corrected chi connectivity index (χ0v) is 12.1. The largest absolute Gasteiger partial charge is 0.481 e. The van der Waals surface area contributed by atoms with Gasteiger partial charge in [-0.1, -0.05) is 0 Å². The summed E-state index contributed by atoms with van der Waals surface area (Å²) in [7, 11) is 0. The Morgan fingerprint density at radius 3 is 2.50 bits per heavy atom. The van der Waals surface area contributed by atoms with E-state index in [1.165, 1.54) is 38.0 Å². The van der Waals surface area contributed by atoms with Gasteiger partial charge in [0.2, 0.25) is 0 Å². The van der Waals surface area contributed by atoms with Crippen LogP contribution in [0.25, 0.3) is 0 Å². The lowest BCUT2D eigenvalue weighted by Crippen LogP contribution is -2.43. The van der Waals surface area contributed by atoms with Crippen LogP contribution in [0.3, 0.4) is 0 Å². The first-order chi connectivity index (χ1) is 8.70. The van der Waals surface area contributed by atoms with E-state index in [0.29, 0.717) is 24.4 Å². The molecular formula is C14H25NO2S. The van der Waals surface area contributed by atoms with Crippen LogP contribution in [-0.4, -0.2) is 46.6 Å². The molecule has 0 aromatic rings. The van der Waals surface area contributed by atoms with Crippen molar-refractivity contribution < 1.29 is 9.90 Å². The summed E-state index contributed by atoms with van der Waals surface area (Å²) in [4.78, 5) is 13.5. The van der Waals surface area contributed by atoms with Gasteiger partial charge >= 0.3 is 5.97 Å². The Kier molecular flexibility index (Phi) is 5.37. The average Bonchev–Trinajstić information content (AvgIpc) is 2.56. The Bertz CT molecular complexity index is 271. The van der Waals surface area contributed by atoms with Gasteiger partial charge in [-0.05, 0) is 63.0 Å². The van der Waals surface area contributed by atoms with E-state index in [-0.39, 0.29) is 0 Å². The van der Waals surface area contributed by atoms with Crippen molar-refractivity contribution in [2.45, 2.75) is 57.0 Å². The summed E-state index contributed by atoms with van der Waals surface area (Å²) in [5.41, 5.74) is 0. The lowest BCUT2D eigenvalue weighted by Gasteiger charge is -2.38. The van der Waals surface area contributed by atoms with E-state index in [2.05, 4.69) is 11.2 Å². The van der Waals surface area contributed by atoms with Gasteiger partial charge < -0.3 is 5.11 Å². The topological polar surface area (TPSA) is 40.5 Å². The van der Waals surface area contributed by atoms with Crippen molar-refractivity contribution in [2.75, 3.05) is 18.6 Å². The maximum absolute atomic E-state index is 10.8. The molecule has 0 aromatic carbocycles. The van der Waals surface area contributed by atoms with Crippen molar-refractivity contribution in [2.24, 2.45) is 5.92 Å². The normalized spacial score (nSPS) is 31.7. The van der Waals surface area contributed by atoms with Gasteiger partial charge in [-0.2, -0.15) is 11.8 Å². The maximum atomic E-state index is 10.8. The molecule has 0 aromatic heterocycles. The van der Waals surface area contributed by atoms with E-state index in [0.717, 1.165) is 12.8 Å². The van der Waals surface area contributed by atoms with Gasteiger partial charge in [0.15, 0.2) is 0 Å². The fraction of sp³-hybridized carbons (Fsp3) is 0.929. The highest BCUT2D eigenvalue weighted by molar-refractivity contribution is 7.98. The Labute approximate surface area is 114 Å². The number of hydrogen-bond acceptors (Lipinski definition) is 3. The predicted molar refractivity (Wildman–Crippen MR) is 76.1 cm³/mol. The molecule has 104 valence electrons. The minimum Gasteiger partial charge on any atom is -0.481 e. The second-order valence-electron chi connectivity index (χ2n) is 5.76. The molecule has 3 nitrogen and oxygen atoms in total. The lowest BCUT2D eigenvalue weighted by molar-refractivity contribution is -0.138. The van der Waals surface area contributed by atoms with Crippen LogP contribution in [0.4, 0.5) is 0 Å². The highest BCUT2D eigenvalue weighted by Gasteiger charge is 2.40. The number of carboxylic acid groups (broad SMARTS) is 1. The third kappa shape index (κ3) is 3.64. The minimum absolute atomic E-state index is 0.382. The van der Waals surface area contributed by atoms with Gasteiger partial charge in [0.1, 0.15) is 0 Å². The van der Waals surface area contributed by atoms with Crippen molar-refractivity contribution >= 4 is 17.7 Å². The van der Waals surface area contributed by atoms with Crippen molar-refractivity contribution in [1.82, 2.24) is 4.90 Å². The highest BCUT2D eigenvalue weighted by atomic mass is 32.2. The van der Waals surface area contributed by atoms with Gasteiger partial charge in [-0.3, -0.25) is 9.69 Å². The number of unbranched alkanes of at least 4 members (excludes halogenated alkanes) is 1. The molecule has 2 saturated heterocycles. The van der Waals surface area contributed by atoms with Gasteiger partial charge in [0.25, 0.3) is 0 Å². The van der Waals surface area contributed by atoms with Gasteiger partial charge in [-0.25, -0.2) is 0 Å². The summed E-state index contributed by atoms with van der Waals surface area (Å²) in [5, 5.41) is 8.91. The molecule has 0 aliphatic carbocycles. The van der Waals surface area contributed by atoms with Gasteiger partial charge in [0.05, 0.1) is 0 Å². The summed E-state index contributed by atoms with van der Waals surface area (Å²) < 4.78 is 0. The number of rotatable bonds is 7. The fourth-order valence-corrected chi connectivity index (χ4v) is 4.20. The average molecular weight is 271 g/mol. The number of aliphatic carboxylic acids is 1. The molecule has 2 aliphatic rings. The monoisotopic (exact) mass is 271 g/mol. The highest BCUT2D eigenvalue weighted by Crippen LogP contribution is 2.39. The zero-order valence-electron chi connectivity index (χ0n) is 11.3. The smallest absolute Gasteiger partial charge is 0.303 e. The number of hydrogen-bond donors (Lipinski definition) is 1. The summed E-state index contributed by atoms with van der Waals surface area (Å²) in [5.74, 6) is 1.08. The van der Waals surface area contributed by atoms with Crippen LogP contribution in [0.2, 0.25) is 0 Å². The van der Waals surface area contributed by atoms with Crippen LogP contribution < -0.4 is 0 Å². The number of fused-ring (bicyclic) bond motifs is 2. The summed E-state index contributed by atoms with van der Waals surface area (Å²) in [6.45, 7) is 1.23. The van der Waals surface area contributed by atoms with Crippen molar-refractivity contribution in [3.63, 3.8) is 0 Å². The lowest BCUT2D eigenvalue weighted by atomic mass is 9.88. The Hall–Kier alpha value is -0.220. The van der Waals surface area contributed by atoms with Crippen molar-refractivity contribution in [3.8, 4) is 0 Å². The molecule has 2 aliphatic heterocycles. The second-order valence-corrected chi connectivity index (χ2v) is 6.74. The molecule has 0 saturated carbocycles. The van der Waals surface area contributed by atoms with E-state index < -0.39 is 5.97 Å². The molecule has 0 spiro atoms. The molecule has 18 heavy (non-hydrogen) atoms. The van der Waals surface area contributed by atoms with Crippen molar-refractivity contribution in [1.29, 1.82) is 0 Å². The summed E-state index contributed by atoms with van der Waals surface area (Å²) >= 11 is 1.93. The molecule has 4 heteroatoms. The second kappa shape index (κ2) is 6.80. The van der Waals surface area contributed by atoms with Crippen LogP contribution in [0, 0.1) is 5.92 Å². The molecule has 2 unspecified atom stereocenters. The molecule has 2 heterocycles. The van der Waals surface area contributed by atoms with Crippen LogP contribution in [-0.2, 0) is 4.79 Å². The Balaban J connectivity index is 1.77. The summed E-state index contributed by atoms with van der Waals surface area (Å²) in [6, 6.07) is 1.37. The number of thioether (sulfide) groups is 1. The number of carbonyl (C=O) groups is 1. The standard InChI is InChI=1S/C14H25NO2S/c1-18-7-3-2-6-15-12-4-5-13(15)9-11(8-12)10-14(16)17/h11-13H,2-10H2,1H3,(H,16,17). The summed E-state index contributed by atoms with van der Waals surface area (Å²) in [6.07, 6.45) is 9.99. The fourth-order valence-electron chi connectivity index (χ4n) is 3.71. The molecule has 0 radical (unpaired) electrons. The molecule has 2 bridgehead atoms. The van der Waals surface area contributed by atoms with Crippen LogP contribution in [0.1, 0.15) is 44.9 Å². The SMILES string of the molecule is CSCCCCN1C2CCC1CC(CC(=O)O)C2. The van der Waals surface area contributed by atoms with E-state index in [1.54, 1.807) is 0 Å². The quantitative estimate of drug-likeness (QED) is 0.723. The maximum Gasteiger partial charge on any atom is 0.303 e. The van der Waals surface area contributed by atoms with E-state index in [4.69, 9.17) is 5.11 Å². The third-order valence-corrected chi connectivity index (χ3v) is 5.16. The molecule has 2 fully saturated rings. The van der Waals surface area contributed by atoms with Crippen molar-refractivity contribution in [3.05, 3.63) is 0 Å². The van der Waals surface area contributed by atoms with Crippen LogP contribution >= 0.6 is 11.8 Å². The first-order valence-electron chi connectivity index (χ1n) is 7.17.